The topological polar surface area (TPSA) is 61.6 Å². The lowest BCUT2D eigenvalue weighted by molar-refractivity contribution is -0.119. The highest BCUT2D eigenvalue weighted by atomic mass is 16.6. The van der Waals surface area contributed by atoms with Crippen LogP contribution < -0.4 is 5.73 Å². The van der Waals surface area contributed by atoms with E-state index in [0.717, 1.165) is 0 Å². The number of hydrogen-bond acceptors (Lipinski definition) is 3. The summed E-state index contributed by atoms with van der Waals surface area (Å²) in [6.07, 6.45) is 1.23. The second-order valence-electron chi connectivity index (χ2n) is 1.57. The van der Waals surface area contributed by atoms with Gasteiger partial charge in [-0.3, -0.25) is 4.79 Å². The smallest absolute Gasteiger partial charge is 0.287 e. The van der Waals surface area contributed by atoms with E-state index in [1.54, 1.807) is 0 Å². The molecule has 0 atom stereocenters. The van der Waals surface area contributed by atoms with Crippen LogP contribution in [-0.4, -0.2) is 19.1 Å². The number of rotatable bonds is 1. The molecule has 0 spiro atoms. The van der Waals surface area contributed by atoms with Crippen molar-refractivity contribution in [2.75, 3.05) is 13.2 Å². The first-order chi connectivity index (χ1) is 4.30. The highest BCUT2D eigenvalue weighted by molar-refractivity contribution is 5.89. The Morgan fingerprint density at radius 1 is 1.67 bits per heavy atom. The number of carbonyl (C=O) groups excluding carboxylic acids is 1. The van der Waals surface area contributed by atoms with Gasteiger partial charge >= 0.3 is 0 Å². The summed E-state index contributed by atoms with van der Waals surface area (Å²) >= 11 is 0. The average Bonchev–Trinajstić information content (AvgIpc) is 1.90. The van der Waals surface area contributed by atoms with Crippen molar-refractivity contribution in [3.63, 3.8) is 0 Å². The van der Waals surface area contributed by atoms with E-state index >= 15 is 0 Å². The van der Waals surface area contributed by atoms with Gasteiger partial charge in [0.15, 0.2) is 0 Å². The third-order valence-corrected chi connectivity index (χ3v) is 0.892. The van der Waals surface area contributed by atoms with Crippen LogP contribution in [0.1, 0.15) is 0 Å². The van der Waals surface area contributed by atoms with Crippen molar-refractivity contribution in [1.29, 1.82) is 0 Å². The molecule has 0 aromatic carbocycles. The molecule has 0 bridgehead atoms. The highest BCUT2D eigenvalue weighted by Crippen LogP contribution is 2.01. The first-order valence-corrected chi connectivity index (χ1v) is 2.55. The monoisotopic (exact) mass is 129 g/mol. The number of ether oxygens (including phenoxy) is 2. The number of primary amides is 1. The van der Waals surface area contributed by atoms with Crippen LogP contribution >= 0.6 is 0 Å². The summed E-state index contributed by atoms with van der Waals surface area (Å²) in [4.78, 5) is 10.3. The molecule has 0 aliphatic carbocycles. The molecule has 1 rings (SSSR count). The highest BCUT2D eigenvalue weighted by Gasteiger charge is 2.09. The zero-order valence-electron chi connectivity index (χ0n) is 4.79. The first-order valence-electron chi connectivity index (χ1n) is 2.55. The molecule has 4 nitrogen and oxygen atoms in total. The Labute approximate surface area is 52.2 Å². The maximum atomic E-state index is 10.3. The van der Waals surface area contributed by atoms with Gasteiger partial charge in [0, 0.05) is 0 Å². The van der Waals surface area contributed by atoms with Crippen molar-refractivity contribution in [3.05, 3.63) is 12.0 Å². The van der Waals surface area contributed by atoms with Gasteiger partial charge < -0.3 is 15.2 Å². The van der Waals surface area contributed by atoms with E-state index in [0.29, 0.717) is 13.2 Å². The minimum atomic E-state index is -0.588. The lowest BCUT2D eigenvalue weighted by Crippen LogP contribution is -2.21. The lowest BCUT2D eigenvalue weighted by atomic mass is 10.5. The largest absolute Gasteiger partial charge is 0.494 e. The number of hydrogen-bond donors (Lipinski definition) is 1. The summed E-state index contributed by atoms with van der Waals surface area (Å²) in [6, 6.07) is 0. The summed E-state index contributed by atoms with van der Waals surface area (Å²) in [6.45, 7) is 0.881. The van der Waals surface area contributed by atoms with Crippen LogP contribution in [0.15, 0.2) is 12.0 Å². The van der Waals surface area contributed by atoms with E-state index in [1.807, 2.05) is 0 Å². The van der Waals surface area contributed by atoms with Crippen LogP contribution in [0.5, 0.6) is 0 Å². The van der Waals surface area contributed by atoms with Gasteiger partial charge in [-0.1, -0.05) is 0 Å². The Morgan fingerprint density at radius 2 is 2.44 bits per heavy atom. The number of nitrogens with two attached hydrogens (primary N) is 1. The van der Waals surface area contributed by atoms with Gasteiger partial charge in [-0.25, -0.2) is 0 Å². The van der Waals surface area contributed by atoms with E-state index in [-0.39, 0.29) is 5.76 Å². The molecule has 1 aliphatic rings. The second kappa shape index (κ2) is 2.39. The van der Waals surface area contributed by atoms with Crippen LogP contribution in [-0.2, 0) is 14.3 Å². The van der Waals surface area contributed by atoms with Crippen molar-refractivity contribution in [2.45, 2.75) is 0 Å². The minimum absolute atomic E-state index is 0.0984. The van der Waals surface area contributed by atoms with Crippen molar-refractivity contribution < 1.29 is 14.3 Å². The molecule has 9 heavy (non-hydrogen) atoms. The molecular weight excluding hydrogens is 122 g/mol. The Bertz CT molecular complexity index is 152. The van der Waals surface area contributed by atoms with Gasteiger partial charge in [0.05, 0.1) is 0 Å². The standard InChI is InChI=1S/C5H7NO3/c6-5(7)4-3-8-1-2-9-4/h3H,1-2H2,(H2,6,7). The van der Waals surface area contributed by atoms with Crippen LogP contribution in [0.3, 0.4) is 0 Å². The molecule has 0 aromatic heterocycles. The summed E-state index contributed by atoms with van der Waals surface area (Å²) < 4.78 is 9.56. The fourth-order valence-electron chi connectivity index (χ4n) is 0.498. The molecule has 1 aliphatic heterocycles. The molecule has 4 heteroatoms. The van der Waals surface area contributed by atoms with Crippen molar-refractivity contribution in [3.8, 4) is 0 Å². The fraction of sp³-hybridized carbons (Fsp3) is 0.400. The summed E-state index contributed by atoms with van der Waals surface area (Å²) in [5.74, 6) is -0.490. The molecule has 0 fully saturated rings. The van der Waals surface area contributed by atoms with E-state index in [9.17, 15) is 4.79 Å². The molecular formula is C5H7NO3. The molecule has 0 saturated carbocycles. The number of carbonyl (C=O) groups is 1. The average molecular weight is 129 g/mol. The maximum Gasteiger partial charge on any atom is 0.287 e. The number of amides is 1. The molecule has 1 heterocycles. The van der Waals surface area contributed by atoms with Gasteiger partial charge in [0.1, 0.15) is 19.5 Å². The fourth-order valence-corrected chi connectivity index (χ4v) is 0.498. The zero-order valence-corrected chi connectivity index (χ0v) is 4.79. The van der Waals surface area contributed by atoms with Gasteiger partial charge in [-0.15, -0.1) is 0 Å². The molecule has 0 unspecified atom stereocenters. The van der Waals surface area contributed by atoms with Gasteiger partial charge in [-0.05, 0) is 0 Å². The summed E-state index contributed by atoms with van der Waals surface area (Å²) in [5.41, 5.74) is 4.85. The molecule has 0 saturated heterocycles. The molecule has 50 valence electrons. The quantitative estimate of drug-likeness (QED) is 0.512. The lowest BCUT2D eigenvalue weighted by Gasteiger charge is -2.11. The van der Waals surface area contributed by atoms with E-state index in [1.165, 1.54) is 6.26 Å². The Morgan fingerprint density at radius 3 is 2.78 bits per heavy atom. The SMILES string of the molecule is NC(=O)C1=COCCO1. The van der Waals surface area contributed by atoms with Gasteiger partial charge in [0.25, 0.3) is 5.91 Å². The second-order valence-corrected chi connectivity index (χ2v) is 1.57. The Balaban J connectivity index is 2.57. The predicted molar refractivity (Wildman–Crippen MR) is 29.2 cm³/mol. The minimum Gasteiger partial charge on any atom is -0.494 e. The van der Waals surface area contributed by atoms with Gasteiger partial charge in [-0.2, -0.15) is 0 Å². The zero-order chi connectivity index (χ0) is 6.69. The molecule has 0 radical (unpaired) electrons. The van der Waals surface area contributed by atoms with Crippen molar-refractivity contribution in [1.82, 2.24) is 0 Å². The maximum absolute atomic E-state index is 10.3. The van der Waals surface area contributed by atoms with Crippen LogP contribution in [0.4, 0.5) is 0 Å². The summed E-state index contributed by atoms with van der Waals surface area (Å²) in [7, 11) is 0. The first kappa shape index (κ1) is 5.94. The Kier molecular flexibility index (Phi) is 1.58. The van der Waals surface area contributed by atoms with E-state index in [4.69, 9.17) is 15.2 Å². The third-order valence-electron chi connectivity index (χ3n) is 0.892. The van der Waals surface area contributed by atoms with E-state index in [2.05, 4.69) is 0 Å². The molecule has 2 N–H and O–H groups in total. The third kappa shape index (κ3) is 1.35. The van der Waals surface area contributed by atoms with Crippen molar-refractivity contribution in [2.24, 2.45) is 5.73 Å². The molecule has 0 aromatic rings. The van der Waals surface area contributed by atoms with Crippen LogP contribution in [0.2, 0.25) is 0 Å². The normalized spacial score (nSPS) is 17.1. The van der Waals surface area contributed by atoms with Crippen LogP contribution in [0.25, 0.3) is 0 Å². The summed E-state index contributed by atoms with van der Waals surface area (Å²) in [5, 5.41) is 0. The predicted octanol–water partition coefficient (Wildman–Crippen LogP) is -0.640. The van der Waals surface area contributed by atoms with Crippen LogP contribution in [0, 0.1) is 0 Å². The van der Waals surface area contributed by atoms with Gasteiger partial charge in [0.2, 0.25) is 5.76 Å². The van der Waals surface area contributed by atoms with E-state index < -0.39 is 5.91 Å². The Hall–Kier alpha value is -1.19. The van der Waals surface area contributed by atoms with Crippen molar-refractivity contribution >= 4 is 5.91 Å². The molecule has 1 amide bonds.